The Balaban J connectivity index is 0.00000205. The number of halogens is 6. The van der Waals surface area contributed by atoms with E-state index in [1.165, 1.54) is 12.1 Å². The van der Waals surface area contributed by atoms with Crippen LogP contribution >= 0.6 is 60.4 Å². The van der Waals surface area contributed by atoms with Gasteiger partial charge in [-0.15, -0.1) is 37.2 Å². The zero-order valence-electron chi connectivity index (χ0n) is 22.9. The lowest BCUT2D eigenvalue weighted by atomic mass is 10.0. The van der Waals surface area contributed by atoms with Crippen LogP contribution < -0.4 is 4.90 Å². The first-order valence-corrected chi connectivity index (χ1v) is 14.1. The molecule has 2 fully saturated rings. The van der Waals surface area contributed by atoms with Crippen molar-refractivity contribution >= 4 is 66.1 Å². The highest BCUT2D eigenvalue weighted by molar-refractivity contribution is 6.30. The van der Waals surface area contributed by atoms with Crippen LogP contribution in [0.1, 0.15) is 11.1 Å². The van der Waals surface area contributed by atoms with Gasteiger partial charge in [-0.2, -0.15) is 0 Å². The van der Waals surface area contributed by atoms with E-state index < -0.39 is 12.2 Å². The zero-order chi connectivity index (χ0) is 27.4. The van der Waals surface area contributed by atoms with Crippen molar-refractivity contribution in [2.45, 2.75) is 37.4 Å². The molecule has 2 N–H and O–H groups in total. The van der Waals surface area contributed by atoms with Crippen molar-refractivity contribution in [3.8, 4) is 0 Å². The number of aliphatic hydroxyl groups excluding tert-OH is 2. The second-order valence-corrected chi connectivity index (χ2v) is 11.2. The minimum atomic E-state index is -0.809. The van der Waals surface area contributed by atoms with E-state index in [1.807, 2.05) is 48.5 Å². The van der Waals surface area contributed by atoms with Gasteiger partial charge in [0, 0.05) is 61.5 Å². The molecular weight excluding hydrogens is 647 g/mol. The molecule has 2 saturated heterocycles. The van der Waals surface area contributed by atoms with Crippen molar-refractivity contribution in [2.24, 2.45) is 0 Å². The normalized spacial score (nSPS) is 22.3. The van der Waals surface area contributed by atoms with Crippen LogP contribution in [0.4, 0.5) is 10.1 Å². The quantitative estimate of drug-likeness (QED) is 0.302. The lowest BCUT2D eigenvalue weighted by Gasteiger charge is -2.42. The fourth-order valence-corrected chi connectivity index (χ4v) is 6.16. The molecule has 0 bridgehead atoms. The number of rotatable bonds is 9. The third-order valence-corrected chi connectivity index (χ3v) is 8.07. The zero-order valence-corrected chi connectivity index (χ0v) is 26.9. The molecule has 3 aromatic rings. The largest absolute Gasteiger partial charge is 0.394 e. The molecule has 12 heteroatoms. The molecule has 0 unspecified atom stereocenters. The molecular formula is C30H37Cl5FN3O3. The SMILES string of the molecule is Cl.Cl.Cl.OC[C@@H]1O[C@H](CN(Cc2cccc(Cl)c2)Cc2cccc(Cl)c2)[C@H](N2CCN(c3ccc(F)cc3)CC2)[C@@H]1O. The predicted octanol–water partition coefficient (Wildman–Crippen LogP) is 5.71. The molecule has 6 nitrogen and oxygen atoms in total. The topological polar surface area (TPSA) is 59.4 Å². The molecule has 0 saturated carbocycles. The molecule has 0 amide bonds. The molecule has 3 aromatic carbocycles. The number of piperazine rings is 1. The van der Waals surface area contributed by atoms with Crippen molar-refractivity contribution < 1.29 is 19.3 Å². The Hall–Kier alpha value is -1.36. The van der Waals surface area contributed by atoms with Crippen molar-refractivity contribution in [1.29, 1.82) is 0 Å². The molecule has 42 heavy (non-hydrogen) atoms. The summed E-state index contributed by atoms with van der Waals surface area (Å²) in [4.78, 5) is 6.76. The first-order chi connectivity index (χ1) is 18.9. The van der Waals surface area contributed by atoms with Gasteiger partial charge in [0.15, 0.2) is 0 Å². The fraction of sp³-hybridized carbons (Fsp3) is 0.400. The van der Waals surface area contributed by atoms with E-state index in [0.717, 1.165) is 43.0 Å². The summed E-state index contributed by atoms with van der Waals surface area (Å²) in [5.74, 6) is -0.249. The van der Waals surface area contributed by atoms with Gasteiger partial charge in [0.1, 0.15) is 18.0 Å². The first kappa shape index (κ1) is 36.8. The lowest BCUT2D eigenvalue weighted by molar-refractivity contribution is -0.0325. The smallest absolute Gasteiger partial charge is 0.123 e. The van der Waals surface area contributed by atoms with E-state index in [9.17, 15) is 14.6 Å². The summed E-state index contributed by atoms with van der Waals surface area (Å²) in [6.45, 7) is 4.52. The highest BCUT2D eigenvalue weighted by Crippen LogP contribution is 2.30. The minimum absolute atomic E-state index is 0. The third-order valence-electron chi connectivity index (χ3n) is 7.60. The van der Waals surface area contributed by atoms with Gasteiger partial charge >= 0.3 is 0 Å². The highest BCUT2D eigenvalue weighted by atomic mass is 35.5. The number of hydrogen-bond acceptors (Lipinski definition) is 6. The van der Waals surface area contributed by atoms with Gasteiger partial charge in [-0.3, -0.25) is 9.80 Å². The summed E-state index contributed by atoms with van der Waals surface area (Å²) in [5.41, 5.74) is 3.13. The summed E-state index contributed by atoms with van der Waals surface area (Å²) < 4.78 is 19.7. The van der Waals surface area contributed by atoms with Gasteiger partial charge in [-0.25, -0.2) is 4.39 Å². The molecule has 0 aliphatic carbocycles. The molecule has 0 aromatic heterocycles. The highest BCUT2D eigenvalue weighted by Gasteiger charge is 2.47. The number of anilines is 1. The Labute approximate surface area is 275 Å². The summed E-state index contributed by atoms with van der Waals surface area (Å²) >= 11 is 12.5. The second kappa shape index (κ2) is 17.2. The summed E-state index contributed by atoms with van der Waals surface area (Å²) in [6, 6.07) is 21.9. The molecule has 4 atom stereocenters. The standard InChI is InChI=1S/C30H34Cl2FN3O3.3ClH/c31-23-5-1-3-21(15-23)17-34(18-22-4-2-6-24(32)16-22)19-27-29(30(38)28(20-37)39-27)36-13-11-35(12-14-36)26-9-7-25(33)8-10-26;;;/h1-10,15-16,27-30,37-38H,11-14,17-20H2;3*1H/t27-,28+,29+,30-;;;/m1.../s1. The molecule has 2 aliphatic heterocycles. The summed E-state index contributed by atoms with van der Waals surface area (Å²) in [6.07, 6.45) is -1.77. The molecule has 5 rings (SSSR count). The van der Waals surface area contributed by atoms with Gasteiger partial charge in [-0.05, 0) is 59.7 Å². The van der Waals surface area contributed by atoms with Crippen LogP contribution in [-0.4, -0.2) is 83.7 Å². The van der Waals surface area contributed by atoms with E-state index in [-0.39, 0.29) is 61.8 Å². The second-order valence-electron chi connectivity index (χ2n) is 10.3. The maximum Gasteiger partial charge on any atom is 0.123 e. The van der Waals surface area contributed by atoms with E-state index in [2.05, 4.69) is 14.7 Å². The van der Waals surface area contributed by atoms with Crippen LogP contribution in [0.3, 0.4) is 0 Å². The Bertz CT molecular complexity index is 1190. The number of benzene rings is 3. The van der Waals surface area contributed by atoms with E-state index in [1.54, 1.807) is 12.1 Å². The van der Waals surface area contributed by atoms with Gasteiger partial charge in [0.25, 0.3) is 0 Å². The lowest BCUT2D eigenvalue weighted by Crippen LogP contribution is -2.57. The third kappa shape index (κ3) is 9.32. The predicted molar refractivity (Wildman–Crippen MR) is 174 cm³/mol. The van der Waals surface area contributed by atoms with Crippen LogP contribution in [0.25, 0.3) is 0 Å². The van der Waals surface area contributed by atoms with Crippen LogP contribution in [0, 0.1) is 5.82 Å². The Morgan fingerprint density at radius 3 is 1.86 bits per heavy atom. The number of hydrogen-bond donors (Lipinski definition) is 2. The summed E-state index contributed by atoms with van der Waals surface area (Å²) in [7, 11) is 0. The average molecular weight is 684 g/mol. The molecule has 2 heterocycles. The van der Waals surface area contributed by atoms with Crippen LogP contribution in [0.5, 0.6) is 0 Å². The first-order valence-electron chi connectivity index (χ1n) is 13.3. The van der Waals surface area contributed by atoms with Crippen molar-refractivity contribution in [3.63, 3.8) is 0 Å². The van der Waals surface area contributed by atoms with E-state index >= 15 is 0 Å². The fourth-order valence-electron chi connectivity index (χ4n) is 5.74. The maximum atomic E-state index is 13.4. The van der Waals surface area contributed by atoms with Crippen molar-refractivity contribution in [3.05, 3.63) is 99.8 Å². The van der Waals surface area contributed by atoms with Gasteiger partial charge in [-0.1, -0.05) is 47.5 Å². The van der Waals surface area contributed by atoms with E-state index in [0.29, 0.717) is 29.7 Å². The average Bonchev–Trinajstić information content (AvgIpc) is 3.23. The number of aliphatic hydroxyl groups is 2. The monoisotopic (exact) mass is 681 g/mol. The van der Waals surface area contributed by atoms with Crippen molar-refractivity contribution in [2.75, 3.05) is 44.2 Å². The molecule has 2 aliphatic rings. The molecule has 0 radical (unpaired) electrons. The van der Waals surface area contributed by atoms with Gasteiger partial charge < -0.3 is 19.8 Å². The number of nitrogens with zero attached hydrogens (tertiary/aromatic N) is 3. The van der Waals surface area contributed by atoms with Crippen LogP contribution in [0.15, 0.2) is 72.8 Å². The number of ether oxygens (including phenoxy) is 1. The van der Waals surface area contributed by atoms with Gasteiger partial charge in [0.2, 0.25) is 0 Å². The Morgan fingerprint density at radius 2 is 1.36 bits per heavy atom. The van der Waals surface area contributed by atoms with E-state index in [4.69, 9.17) is 27.9 Å². The molecule has 0 spiro atoms. The van der Waals surface area contributed by atoms with Crippen LogP contribution in [-0.2, 0) is 17.8 Å². The summed E-state index contributed by atoms with van der Waals surface area (Å²) in [5, 5.41) is 22.5. The Morgan fingerprint density at radius 1 is 0.810 bits per heavy atom. The minimum Gasteiger partial charge on any atom is -0.394 e. The van der Waals surface area contributed by atoms with Crippen molar-refractivity contribution in [1.82, 2.24) is 9.80 Å². The van der Waals surface area contributed by atoms with Crippen LogP contribution in [0.2, 0.25) is 10.0 Å². The maximum absolute atomic E-state index is 13.4. The molecule has 232 valence electrons. The Kier molecular flexibility index (Phi) is 15.1. The van der Waals surface area contributed by atoms with Gasteiger partial charge in [0.05, 0.1) is 18.8 Å².